The molecule has 0 N–H and O–H groups in total. The topological polar surface area (TPSA) is 12.9 Å². The largest absolute Gasteiger partial charge is 0.256 e. The molecular weight excluding hydrogens is 362 g/mol. The van der Waals surface area contributed by atoms with Gasteiger partial charge in [0.05, 0.1) is 5.52 Å². The molecule has 0 unspecified atom stereocenters. The number of benzene rings is 5. The number of aromatic nitrogens is 1. The van der Waals surface area contributed by atoms with Crippen molar-refractivity contribution in [3.63, 3.8) is 0 Å². The first-order valence-corrected chi connectivity index (χ1v) is 10.2. The van der Waals surface area contributed by atoms with Crippen molar-refractivity contribution in [1.29, 1.82) is 0 Å². The lowest BCUT2D eigenvalue weighted by Gasteiger charge is -2.18. The maximum Gasteiger partial charge on any atom is 0.0708 e. The van der Waals surface area contributed by atoms with Gasteiger partial charge < -0.3 is 0 Å². The van der Waals surface area contributed by atoms with Gasteiger partial charge in [-0.05, 0) is 39.1 Å². The summed E-state index contributed by atoms with van der Waals surface area (Å²) in [7, 11) is 0. The van der Waals surface area contributed by atoms with Crippen LogP contribution in [-0.2, 0) is 0 Å². The van der Waals surface area contributed by atoms with E-state index in [0.717, 1.165) is 5.52 Å². The minimum Gasteiger partial charge on any atom is -0.256 e. The van der Waals surface area contributed by atoms with E-state index < -0.39 is 0 Å². The molecule has 0 fully saturated rings. The molecule has 0 atom stereocenters. The van der Waals surface area contributed by atoms with E-state index in [2.05, 4.69) is 115 Å². The molecule has 0 aliphatic rings. The minimum absolute atomic E-state index is 1.02. The normalized spacial score (nSPS) is 11.3. The highest BCUT2D eigenvalue weighted by Crippen LogP contribution is 2.45. The summed E-state index contributed by atoms with van der Waals surface area (Å²) in [6.45, 7) is 0. The highest BCUT2D eigenvalue weighted by Gasteiger charge is 2.18. The quantitative estimate of drug-likeness (QED) is 0.220. The molecule has 1 aromatic heterocycles. The van der Waals surface area contributed by atoms with Gasteiger partial charge in [-0.3, -0.25) is 4.98 Å². The predicted octanol–water partition coefficient (Wildman–Crippen LogP) is 7.88. The van der Waals surface area contributed by atoms with Crippen LogP contribution in [0, 0.1) is 0 Å². The van der Waals surface area contributed by atoms with E-state index in [1.165, 1.54) is 49.2 Å². The summed E-state index contributed by atoms with van der Waals surface area (Å²) in [6, 6.07) is 38.6. The fraction of sp³-hybridized carbons (Fsp3) is 0. The zero-order valence-corrected chi connectivity index (χ0v) is 16.4. The molecule has 1 nitrogen and oxygen atoms in total. The van der Waals surface area contributed by atoms with Crippen LogP contribution in [0.5, 0.6) is 0 Å². The summed E-state index contributed by atoms with van der Waals surface area (Å²) in [4.78, 5) is 4.84. The van der Waals surface area contributed by atoms with E-state index in [0.29, 0.717) is 0 Å². The van der Waals surface area contributed by atoms with Gasteiger partial charge in [-0.15, -0.1) is 0 Å². The van der Waals surface area contributed by atoms with Gasteiger partial charge in [0.15, 0.2) is 0 Å². The monoisotopic (exact) mass is 381 g/mol. The zero-order valence-electron chi connectivity index (χ0n) is 16.4. The van der Waals surface area contributed by atoms with Gasteiger partial charge in [0.2, 0.25) is 0 Å². The third-order valence-corrected chi connectivity index (χ3v) is 5.89. The maximum atomic E-state index is 4.84. The summed E-state index contributed by atoms with van der Waals surface area (Å²) in [5, 5.41) is 6.18. The Balaban J connectivity index is 1.93. The Bertz CT molecular complexity index is 1520. The molecule has 140 valence electrons. The van der Waals surface area contributed by atoms with E-state index in [9.17, 15) is 0 Å². The van der Waals surface area contributed by atoms with Crippen LogP contribution in [0.3, 0.4) is 0 Å². The average molecular weight is 381 g/mol. The molecule has 0 aliphatic heterocycles. The van der Waals surface area contributed by atoms with Crippen molar-refractivity contribution in [3.8, 4) is 22.3 Å². The van der Waals surface area contributed by atoms with Gasteiger partial charge in [0.25, 0.3) is 0 Å². The molecule has 30 heavy (non-hydrogen) atoms. The molecule has 1 heteroatoms. The SMILES string of the molecule is c1ccc(-c2c3ccccc3c(-c3ccccc3)c3c2cnc2ccccc23)cc1. The van der Waals surface area contributed by atoms with Crippen LogP contribution in [0.2, 0.25) is 0 Å². The number of rotatable bonds is 2. The van der Waals surface area contributed by atoms with Crippen LogP contribution < -0.4 is 0 Å². The Morgan fingerprint density at radius 2 is 0.900 bits per heavy atom. The lowest BCUT2D eigenvalue weighted by atomic mass is 9.85. The first kappa shape index (κ1) is 16.9. The third kappa shape index (κ3) is 2.53. The Morgan fingerprint density at radius 3 is 1.57 bits per heavy atom. The van der Waals surface area contributed by atoms with Gasteiger partial charge in [-0.1, -0.05) is 103 Å². The van der Waals surface area contributed by atoms with Crippen LogP contribution in [0.1, 0.15) is 0 Å². The van der Waals surface area contributed by atoms with Gasteiger partial charge in [0.1, 0.15) is 0 Å². The van der Waals surface area contributed by atoms with Crippen LogP contribution >= 0.6 is 0 Å². The van der Waals surface area contributed by atoms with Crippen LogP contribution in [0.25, 0.3) is 54.7 Å². The van der Waals surface area contributed by atoms with Crippen molar-refractivity contribution in [1.82, 2.24) is 4.98 Å². The van der Waals surface area contributed by atoms with Gasteiger partial charge in [-0.2, -0.15) is 0 Å². The van der Waals surface area contributed by atoms with E-state index in [1.807, 2.05) is 0 Å². The molecule has 0 saturated carbocycles. The van der Waals surface area contributed by atoms with Gasteiger partial charge in [-0.25, -0.2) is 0 Å². The first-order valence-electron chi connectivity index (χ1n) is 10.2. The molecule has 1 heterocycles. The second-order valence-corrected chi connectivity index (χ2v) is 7.59. The second kappa shape index (κ2) is 6.82. The molecule has 0 radical (unpaired) electrons. The molecule has 0 aliphatic carbocycles. The molecular formula is C29H19N. The lowest BCUT2D eigenvalue weighted by Crippen LogP contribution is -1.93. The van der Waals surface area contributed by atoms with Crippen LogP contribution in [0.4, 0.5) is 0 Å². The summed E-state index contributed by atoms with van der Waals surface area (Å²) in [6.07, 6.45) is 2.05. The minimum atomic E-state index is 1.02. The molecule has 6 aromatic rings. The highest BCUT2D eigenvalue weighted by atomic mass is 14.6. The van der Waals surface area contributed by atoms with E-state index in [-0.39, 0.29) is 0 Å². The van der Waals surface area contributed by atoms with Crippen molar-refractivity contribution < 1.29 is 0 Å². The summed E-state index contributed by atoms with van der Waals surface area (Å²) >= 11 is 0. The van der Waals surface area contributed by atoms with Gasteiger partial charge >= 0.3 is 0 Å². The first-order chi connectivity index (χ1) is 14.9. The van der Waals surface area contributed by atoms with Crippen molar-refractivity contribution in [2.75, 3.05) is 0 Å². The van der Waals surface area contributed by atoms with Crippen molar-refractivity contribution in [2.24, 2.45) is 0 Å². The zero-order chi connectivity index (χ0) is 19.9. The lowest BCUT2D eigenvalue weighted by molar-refractivity contribution is 1.45. The van der Waals surface area contributed by atoms with Crippen molar-refractivity contribution >= 4 is 32.4 Å². The molecule has 0 amide bonds. The molecule has 0 spiro atoms. The molecule has 6 rings (SSSR count). The summed E-state index contributed by atoms with van der Waals surface area (Å²) in [5.41, 5.74) is 6.00. The Labute approximate surface area is 175 Å². The molecule has 0 saturated heterocycles. The predicted molar refractivity (Wildman–Crippen MR) is 128 cm³/mol. The van der Waals surface area contributed by atoms with Crippen molar-refractivity contribution in [3.05, 3.63) is 115 Å². The number of fused-ring (bicyclic) bond motifs is 4. The third-order valence-electron chi connectivity index (χ3n) is 5.89. The van der Waals surface area contributed by atoms with Crippen LogP contribution in [0.15, 0.2) is 115 Å². The number of hydrogen-bond acceptors (Lipinski definition) is 1. The number of nitrogens with zero attached hydrogens (tertiary/aromatic N) is 1. The fourth-order valence-electron chi connectivity index (χ4n) is 4.62. The molecule has 5 aromatic carbocycles. The number of para-hydroxylation sites is 1. The number of hydrogen-bond donors (Lipinski definition) is 0. The number of pyridine rings is 1. The highest BCUT2D eigenvalue weighted by molar-refractivity contribution is 6.27. The van der Waals surface area contributed by atoms with E-state index in [1.54, 1.807) is 0 Å². The standard InChI is InChI=1S/C29H19N/c1-3-11-20(12-4-1)27-22-15-7-8-16-23(22)28(21-13-5-2-6-14-21)29-24-17-9-10-18-26(24)30-19-25(27)29/h1-19H. The smallest absolute Gasteiger partial charge is 0.0708 e. The van der Waals surface area contributed by atoms with Gasteiger partial charge in [0, 0.05) is 22.4 Å². The average Bonchev–Trinajstić information content (AvgIpc) is 2.83. The van der Waals surface area contributed by atoms with Crippen LogP contribution in [-0.4, -0.2) is 4.98 Å². The van der Waals surface area contributed by atoms with E-state index >= 15 is 0 Å². The summed E-state index contributed by atoms with van der Waals surface area (Å²) < 4.78 is 0. The maximum absolute atomic E-state index is 4.84. The Hall–Kier alpha value is -3.97. The second-order valence-electron chi connectivity index (χ2n) is 7.59. The molecule has 0 bridgehead atoms. The summed E-state index contributed by atoms with van der Waals surface area (Å²) in [5.74, 6) is 0. The van der Waals surface area contributed by atoms with Crippen molar-refractivity contribution in [2.45, 2.75) is 0 Å². The van der Waals surface area contributed by atoms with E-state index in [4.69, 9.17) is 4.98 Å². The fourth-order valence-corrected chi connectivity index (χ4v) is 4.62. The Morgan fingerprint density at radius 1 is 0.400 bits per heavy atom. The Kier molecular flexibility index (Phi) is 3.85.